The molecule has 180 valence electrons. The minimum Gasteiger partial charge on any atom is -0.318 e. The van der Waals surface area contributed by atoms with E-state index in [4.69, 9.17) is 0 Å². The fourth-order valence-corrected chi connectivity index (χ4v) is 3.71. The van der Waals surface area contributed by atoms with E-state index < -0.39 is 36.4 Å². The molecule has 0 aromatic heterocycles. The number of alkyl halides is 6. The topological polar surface area (TPSA) is 70.2 Å². The molecule has 1 saturated carbocycles. The summed E-state index contributed by atoms with van der Waals surface area (Å²) < 4.78 is 82.0. The van der Waals surface area contributed by atoms with E-state index in [9.17, 15) is 35.9 Å². The number of hydrogen-bond acceptors (Lipinski definition) is 2. The summed E-state index contributed by atoms with van der Waals surface area (Å²) >= 11 is 0. The van der Waals surface area contributed by atoms with Crippen LogP contribution in [0, 0.1) is 19.8 Å². The van der Waals surface area contributed by atoms with E-state index in [0.29, 0.717) is 5.56 Å². The summed E-state index contributed by atoms with van der Waals surface area (Å²) in [5.74, 6) is -1.35. The molecule has 1 fully saturated rings. The van der Waals surface area contributed by atoms with E-state index in [1.807, 2.05) is 5.32 Å². The van der Waals surface area contributed by atoms with Crippen molar-refractivity contribution in [1.82, 2.24) is 10.6 Å². The average Bonchev–Trinajstić information content (AvgIpc) is 2.67. The van der Waals surface area contributed by atoms with Gasteiger partial charge in [-0.3, -0.25) is 10.1 Å². The standard InChI is InChI=1S/C21H27F6N3O2/c1-13-8-10-16(12-14(13)2)28-18(32)30-19(20(22,23)24,21(25,26)27)29-17(31)11-9-15-6-4-3-5-7-15/h8,10,12,15H,3-7,9,11H2,1-2H3,(H,29,31)(H2,28,30,32). The molecule has 0 spiro atoms. The summed E-state index contributed by atoms with van der Waals surface area (Å²) in [5, 5.41) is 3.92. The van der Waals surface area contributed by atoms with Crippen molar-refractivity contribution < 1.29 is 35.9 Å². The number of urea groups is 1. The van der Waals surface area contributed by atoms with Crippen molar-refractivity contribution in [1.29, 1.82) is 0 Å². The van der Waals surface area contributed by atoms with E-state index in [2.05, 4.69) is 0 Å². The van der Waals surface area contributed by atoms with Gasteiger partial charge in [0.1, 0.15) is 0 Å². The molecule has 1 aromatic carbocycles. The fourth-order valence-electron chi connectivity index (χ4n) is 3.71. The molecule has 1 aliphatic carbocycles. The lowest BCUT2D eigenvalue weighted by molar-refractivity contribution is -0.311. The Morgan fingerprint density at radius 1 is 0.906 bits per heavy atom. The van der Waals surface area contributed by atoms with Gasteiger partial charge in [0.2, 0.25) is 5.91 Å². The van der Waals surface area contributed by atoms with Crippen molar-refractivity contribution >= 4 is 17.6 Å². The number of hydrogen-bond donors (Lipinski definition) is 3. The third kappa shape index (κ3) is 6.29. The van der Waals surface area contributed by atoms with Crippen LogP contribution in [0.25, 0.3) is 0 Å². The van der Waals surface area contributed by atoms with Gasteiger partial charge in [0.05, 0.1) is 0 Å². The van der Waals surface area contributed by atoms with Crippen LogP contribution in [0.2, 0.25) is 0 Å². The molecule has 0 radical (unpaired) electrons. The molecule has 5 nitrogen and oxygen atoms in total. The Morgan fingerprint density at radius 3 is 2.03 bits per heavy atom. The first kappa shape index (κ1) is 25.8. The number of rotatable bonds is 6. The molecule has 1 aromatic rings. The van der Waals surface area contributed by atoms with Gasteiger partial charge in [-0.25, -0.2) is 4.79 Å². The summed E-state index contributed by atoms with van der Waals surface area (Å²) in [5.41, 5.74) is -3.42. The summed E-state index contributed by atoms with van der Waals surface area (Å²) in [6, 6.07) is 2.54. The lowest BCUT2D eigenvalue weighted by Crippen LogP contribution is -2.76. The first-order valence-electron chi connectivity index (χ1n) is 10.4. The van der Waals surface area contributed by atoms with Gasteiger partial charge in [-0.2, -0.15) is 26.3 Å². The molecule has 32 heavy (non-hydrogen) atoms. The maximum absolute atomic E-state index is 13.7. The zero-order valence-electron chi connectivity index (χ0n) is 17.8. The van der Waals surface area contributed by atoms with Gasteiger partial charge in [-0.1, -0.05) is 38.2 Å². The van der Waals surface area contributed by atoms with Gasteiger partial charge in [-0.05, 0) is 49.4 Å². The van der Waals surface area contributed by atoms with Gasteiger partial charge < -0.3 is 10.6 Å². The van der Waals surface area contributed by atoms with Crippen LogP contribution in [0.5, 0.6) is 0 Å². The lowest BCUT2D eigenvalue weighted by atomic mass is 9.86. The van der Waals surface area contributed by atoms with Crippen LogP contribution in [0.15, 0.2) is 18.2 Å². The van der Waals surface area contributed by atoms with Crippen molar-refractivity contribution in [3.8, 4) is 0 Å². The minimum absolute atomic E-state index is 0.00692. The smallest absolute Gasteiger partial charge is 0.318 e. The second-order valence-corrected chi connectivity index (χ2v) is 8.21. The number of nitrogens with one attached hydrogen (secondary N) is 3. The van der Waals surface area contributed by atoms with E-state index in [1.165, 1.54) is 12.1 Å². The van der Waals surface area contributed by atoms with Crippen LogP contribution >= 0.6 is 0 Å². The van der Waals surface area contributed by atoms with Crippen molar-refractivity contribution in [2.75, 3.05) is 5.32 Å². The highest BCUT2D eigenvalue weighted by molar-refractivity contribution is 5.90. The molecule has 0 heterocycles. The van der Waals surface area contributed by atoms with Crippen molar-refractivity contribution in [3.63, 3.8) is 0 Å². The number of amides is 3. The molecule has 3 amide bonds. The quantitative estimate of drug-likeness (QED) is 0.370. The highest BCUT2D eigenvalue weighted by Gasteiger charge is 2.73. The third-order valence-corrected chi connectivity index (χ3v) is 5.75. The first-order valence-corrected chi connectivity index (χ1v) is 10.4. The average molecular weight is 467 g/mol. The number of anilines is 1. The number of benzene rings is 1. The second-order valence-electron chi connectivity index (χ2n) is 8.21. The maximum atomic E-state index is 13.7. The monoisotopic (exact) mass is 467 g/mol. The van der Waals surface area contributed by atoms with E-state index in [0.717, 1.165) is 48.3 Å². The zero-order chi connectivity index (χ0) is 24.2. The van der Waals surface area contributed by atoms with E-state index >= 15 is 0 Å². The summed E-state index contributed by atoms with van der Waals surface area (Å²) in [4.78, 5) is 24.3. The molecule has 3 N–H and O–H groups in total. The Labute approximate surface area is 182 Å². The van der Waals surface area contributed by atoms with Crippen LogP contribution in [-0.2, 0) is 4.79 Å². The minimum atomic E-state index is -6.04. The van der Waals surface area contributed by atoms with E-state index in [-0.39, 0.29) is 18.0 Å². The van der Waals surface area contributed by atoms with Crippen LogP contribution in [0.3, 0.4) is 0 Å². The molecule has 0 unspecified atom stereocenters. The molecule has 0 bridgehead atoms. The molecule has 0 saturated heterocycles. The maximum Gasteiger partial charge on any atom is 0.439 e. The number of carbonyl (C=O) groups excluding carboxylic acids is 2. The van der Waals surface area contributed by atoms with Gasteiger partial charge in [0.15, 0.2) is 0 Å². The Hall–Kier alpha value is -2.46. The van der Waals surface area contributed by atoms with Crippen LogP contribution in [0.1, 0.15) is 56.1 Å². The lowest BCUT2D eigenvalue weighted by Gasteiger charge is -2.38. The van der Waals surface area contributed by atoms with Gasteiger partial charge in [0, 0.05) is 12.1 Å². The molecule has 2 rings (SSSR count). The van der Waals surface area contributed by atoms with Crippen LogP contribution < -0.4 is 16.0 Å². The van der Waals surface area contributed by atoms with Crippen molar-refractivity contribution in [3.05, 3.63) is 29.3 Å². The predicted molar refractivity (Wildman–Crippen MR) is 107 cm³/mol. The Kier molecular flexibility index (Phi) is 8.06. The summed E-state index contributed by atoms with van der Waals surface area (Å²) in [7, 11) is 0. The van der Waals surface area contributed by atoms with Gasteiger partial charge >= 0.3 is 24.0 Å². The Morgan fingerprint density at radius 2 is 1.50 bits per heavy atom. The number of carbonyl (C=O) groups is 2. The SMILES string of the molecule is Cc1ccc(NC(=O)NC(NC(=O)CCC2CCCCC2)(C(F)(F)F)C(F)(F)F)cc1C. The molecule has 0 aliphatic heterocycles. The number of aryl methyl sites for hydroxylation is 2. The fraction of sp³-hybridized carbons (Fsp3) is 0.619. The van der Waals surface area contributed by atoms with Gasteiger partial charge in [0.25, 0.3) is 0 Å². The van der Waals surface area contributed by atoms with Crippen LogP contribution in [-0.4, -0.2) is 30.0 Å². The first-order chi connectivity index (χ1) is 14.7. The molecule has 11 heteroatoms. The third-order valence-electron chi connectivity index (χ3n) is 5.75. The summed E-state index contributed by atoms with van der Waals surface area (Å²) in [6.07, 6.45) is -7.96. The second kappa shape index (κ2) is 9.99. The van der Waals surface area contributed by atoms with Crippen LogP contribution in [0.4, 0.5) is 36.8 Å². The van der Waals surface area contributed by atoms with Gasteiger partial charge in [-0.15, -0.1) is 0 Å². The van der Waals surface area contributed by atoms with Crippen molar-refractivity contribution in [2.45, 2.75) is 76.8 Å². The predicted octanol–water partition coefficient (Wildman–Crippen LogP) is 5.72. The van der Waals surface area contributed by atoms with Crippen molar-refractivity contribution in [2.24, 2.45) is 5.92 Å². The largest absolute Gasteiger partial charge is 0.439 e. The Bertz CT molecular complexity index is 803. The van der Waals surface area contributed by atoms with E-state index in [1.54, 1.807) is 19.9 Å². The number of halogens is 6. The zero-order valence-corrected chi connectivity index (χ0v) is 17.8. The normalized spacial score (nSPS) is 15.9. The highest BCUT2D eigenvalue weighted by Crippen LogP contribution is 2.41. The Balaban J connectivity index is 2.19. The molecule has 1 aliphatic rings. The highest BCUT2D eigenvalue weighted by atomic mass is 19.4. The summed E-state index contributed by atoms with van der Waals surface area (Å²) in [6.45, 7) is 3.42. The molecular weight excluding hydrogens is 440 g/mol. The molecular formula is C21H27F6N3O2. The molecule has 0 atom stereocenters.